The maximum atomic E-state index is 13.1. The Morgan fingerprint density at radius 3 is 2.89 bits per heavy atom. The summed E-state index contributed by atoms with van der Waals surface area (Å²) in [5.41, 5.74) is 3.61. The zero-order chi connectivity index (χ0) is 18.9. The smallest absolute Gasteiger partial charge is 0.254 e. The molecular formula is C21H27N3O3. The van der Waals surface area contributed by atoms with Crippen molar-refractivity contribution < 1.29 is 14.3 Å². The van der Waals surface area contributed by atoms with Crippen LogP contribution in [0.2, 0.25) is 0 Å². The average Bonchev–Trinajstić information content (AvgIpc) is 2.99. The molecule has 0 bridgehead atoms. The summed E-state index contributed by atoms with van der Waals surface area (Å²) >= 11 is 0. The van der Waals surface area contributed by atoms with E-state index in [9.17, 15) is 4.79 Å². The number of carbonyl (C=O) groups is 1. The largest absolute Gasteiger partial charge is 0.378 e. The highest BCUT2D eigenvalue weighted by molar-refractivity contribution is 5.94. The fourth-order valence-corrected chi connectivity index (χ4v) is 4.08. The van der Waals surface area contributed by atoms with Crippen molar-refractivity contribution in [2.75, 3.05) is 32.9 Å². The molecule has 6 heteroatoms. The Labute approximate surface area is 160 Å². The van der Waals surface area contributed by atoms with Gasteiger partial charge in [0.2, 0.25) is 0 Å². The molecule has 2 fully saturated rings. The Bertz CT molecular complexity index is 818. The van der Waals surface area contributed by atoms with E-state index < -0.39 is 0 Å². The van der Waals surface area contributed by atoms with Gasteiger partial charge in [-0.25, -0.2) is 0 Å². The number of carbonyl (C=O) groups excluding carboxylic acids is 1. The number of aryl methyl sites for hydroxylation is 2. The molecule has 1 amide bonds. The first-order chi connectivity index (χ1) is 13.0. The monoisotopic (exact) mass is 369 g/mol. The Morgan fingerprint density at radius 1 is 1.26 bits per heavy atom. The van der Waals surface area contributed by atoms with Gasteiger partial charge < -0.3 is 14.4 Å². The van der Waals surface area contributed by atoms with Gasteiger partial charge in [0.15, 0.2) is 0 Å². The van der Waals surface area contributed by atoms with Gasteiger partial charge in [0.25, 0.3) is 5.91 Å². The fraction of sp³-hybridized carbons (Fsp3) is 0.524. The van der Waals surface area contributed by atoms with Crippen LogP contribution in [0.15, 0.2) is 30.3 Å². The highest BCUT2D eigenvalue weighted by atomic mass is 16.5. The van der Waals surface area contributed by atoms with Gasteiger partial charge in [-0.15, -0.1) is 0 Å². The SMILES string of the molecule is Cc1cc(C)n(Cc2cccc(C(=O)N3CCOC4(CCCOC4)C3)c2)n1. The predicted molar refractivity (Wildman–Crippen MR) is 102 cm³/mol. The van der Waals surface area contributed by atoms with Crippen LogP contribution in [0.1, 0.15) is 40.2 Å². The van der Waals surface area contributed by atoms with Gasteiger partial charge >= 0.3 is 0 Å². The number of benzene rings is 1. The molecule has 2 saturated heterocycles. The topological polar surface area (TPSA) is 56.6 Å². The molecule has 1 spiro atoms. The third-order valence-electron chi connectivity index (χ3n) is 5.43. The van der Waals surface area contributed by atoms with Crippen molar-refractivity contribution in [3.05, 3.63) is 52.8 Å². The maximum Gasteiger partial charge on any atom is 0.254 e. The number of aromatic nitrogens is 2. The fourth-order valence-electron chi connectivity index (χ4n) is 4.08. The molecule has 144 valence electrons. The second-order valence-corrected chi connectivity index (χ2v) is 7.70. The van der Waals surface area contributed by atoms with Crippen LogP contribution in [0.5, 0.6) is 0 Å². The molecule has 0 N–H and O–H groups in total. The number of nitrogens with zero attached hydrogens (tertiary/aromatic N) is 3. The van der Waals surface area contributed by atoms with E-state index in [0.717, 1.165) is 42.0 Å². The summed E-state index contributed by atoms with van der Waals surface area (Å²) in [7, 11) is 0. The van der Waals surface area contributed by atoms with Crippen molar-refractivity contribution in [2.24, 2.45) is 0 Å². The van der Waals surface area contributed by atoms with Crippen LogP contribution < -0.4 is 0 Å². The maximum absolute atomic E-state index is 13.1. The Kier molecular flexibility index (Phi) is 5.02. The number of rotatable bonds is 3. The number of hydrogen-bond donors (Lipinski definition) is 0. The summed E-state index contributed by atoms with van der Waals surface area (Å²) in [6, 6.07) is 9.94. The number of morpholine rings is 1. The molecule has 4 rings (SSSR count). The molecule has 0 saturated carbocycles. The molecule has 1 atom stereocenters. The van der Waals surface area contributed by atoms with Gasteiger partial charge in [-0.05, 0) is 50.5 Å². The van der Waals surface area contributed by atoms with Gasteiger partial charge in [0.1, 0.15) is 5.60 Å². The molecule has 3 heterocycles. The van der Waals surface area contributed by atoms with Gasteiger partial charge in [0.05, 0.1) is 32.0 Å². The molecule has 1 aromatic heterocycles. The highest BCUT2D eigenvalue weighted by Gasteiger charge is 2.40. The number of ether oxygens (including phenoxy) is 2. The second-order valence-electron chi connectivity index (χ2n) is 7.70. The third-order valence-corrected chi connectivity index (χ3v) is 5.43. The molecule has 1 unspecified atom stereocenters. The van der Waals surface area contributed by atoms with E-state index in [1.807, 2.05) is 40.8 Å². The molecule has 6 nitrogen and oxygen atoms in total. The van der Waals surface area contributed by atoms with Crippen LogP contribution in [0.3, 0.4) is 0 Å². The summed E-state index contributed by atoms with van der Waals surface area (Å²) in [6.07, 6.45) is 1.94. The predicted octanol–water partition coefficient (Wildman–Crippen LogP) is 2.57. The van der Waals surface area contributed by atoms with Crippen LogP contribution >= 0.6 is 0 Å². The number of hydrogen-bond acceptors (Lipinski definition) is 4. The Hall–Kier alpha value is -2.18. The summed E-state index contributed by atoms with van der Waals surface area (Å²) in [4.78, 5) is 15.0. The molecule has 2 aliphatic rings. The van der Waals surface area contributed by atoms with Crippen LogP contribution in [-0.2, 0) is 16.0 Å². The van der Waals surface area contributed by atoms with E-state index in [4.69, 9.17) is 9.47 Å². The zero-order valence-corrected chi connectivity index (χ0v) is 16.1. The molecule has 2 aliphatic heterocycles. The van der Waals surface area contributed by atoms with Gasteiger partial charge in [-0.1, -0.05) is 12.1 Å². The van der Waals surface area contributed by atoms with E-state index in [2.05, 4.69) is 18.1 Å². The van der Waals surface area contributed by atoms with Gasteiger partial charge in [-0.2, -0.15) is 5.10 Å². The average molecular weight is 369 g/mol. The van der Waals surface area contributed by atoms with Crippen molar-refractivity contribution in [1.29, 1.82) is 0 Å². The first-order valence-electron chi connectivity index (χ1n) is 9.66. The lowest BCUT2D eigenvalue weighted by Gasteiger charge is -2.44. The van der Waals surface area contributed by atoms with Crippen molar-refractivity contribution >= 4 is 5.91 Å². The van der Waals surface area contributed by atoms with Crippen molar-refractivity contribution in [3.8, 4) is 0 Å². The molecule has 1 aromatic carbocycles. The summed E-state index contributed by atoms with van der Waals surface area (Å²) in [5.74, 6) is 0.0680. The molecule has 27 heavy (non-hydrogen) atoms. The van der Waals surface area contributed by atoms with Crippen LogP contribution in [-0.4, -0.2) is 59.1 Å². The summed E-state index contributed by atoms with van der Waals surface area (Å²) in [5, 5.41) is 4.52. The van der Waals surface area contributed by atoms with Crippen molar-refractivity contribution in [2.45, 2.75) is 38.8 Å². The summed E-state index contributed by atoms with van der Waals surface area (Å²) in [6.45, 7) is 7.88. The standard InChI is InChI=1S/C21H27N3O3/c1-16-11-17(2)24(22-16)13-18-5-3-6-19(12-18)20(25)23-8-10-27-21(14-23)7-4-9-26-15-21/h3,5-6,11-12H,4,7-10,13-15H2,1-2H3. The van der Waals surface area contributed by atoms with E-state index in [1.165, 1.54) is 0 Å². The first-order valence-corrected chi connectivity index (χ1v) is 9.66. The first kappa shape index (κ1) is 18.2. The molecular weight excluding hydrogens is 342 g/mol. The Morgan fingerprint density at radius 2 is 2.15 bits per heavy atom. The molecule has 2 aromatic rings. The summed E-state index contributed by atoms with van der Waals surface area (Å²) < 4.78 is 13.6. The minimum atomic E-state index is -0.326. The lowest BCUT2D eigenvalue weighted by Crippen LogP contribution is -2.57. The minimum Gasteiger partial charge on any atom is -0.378 e. The number of amides is 1. The van der Waals surface area contributed by atoms with Crippen LogP contribution in [0.4, 0.5) is 0 Å². The van der Waals surface area contributed by atoms with Crippen LogP contribution in [0.25, 0.3) is 0 Å². The highest BCUT2D eigenvalue weighted by Crippen LogP contribution is 2.28. The quantitative estimate of drug-likeness (QED) is 0.834. The molecule has 0 aliphatic carbocycles. The lowest BCUT2D eigenvalue weighted by molar-refractivity contribution is -0.160. The van der Waals surface area contributed by atoms with E-state index >= 15 is 0 Å². The Balaban J connectivity index is 1.49. The third kappa shape index (κ3) is 3.92. The van der Waals surface area contributed by atoms with E-state index in [-0.39, 0.29) is 11.5 Å². The molecule has 0 radical (unpaired) electrons. The van der Waals surface area contributed by atoms with Crippen molar-refractivity contribution in [3.63, 3.8) is 0 Å². The van der Waals surface area contributed by atoms with Crippen LogP contribution in [0, 0.1) is 13.8 Å². The van der Waals surface area contributed by atoms with E-state index in [1.54, 1.807) is 0 Å². The van der Waals surface area contributed by atoms with Crippen molar-refractivity contribution in [1.82, 2.24) is 14.7 Å². The second kappa shape index (κ2) is 7.44. The van der Waals surface area contributed by atoms with Gasteiger partial charge in [0, 0.05) is 24.4 Å². The zero-order valence-electron chi connectivity index (χ0n) is 16.1. The van der Waals surface area contributed by atoms with E-state index in [0.29, 0.717) is 32.8 Å². The minimum absolute atomic E-state index is 0.0680. The normalized spacial score (nSPS) is 23.0. The van der Waals surface area contributed by atoms with Gasteiger partial charge in [-0.3, -0.25) is 9.48 Å². The lowest BCUT2D eigenvalue weighted by atomic mass is 9.94.